The smallest absolute Gasteiger partial charge is 0.272 e. The van der Waals surface area contributed by atoms with Crippen LogP contribution >= 0.6 is 23.4 Å². The molecule has 3 amide bonds. The minimum Gasteiger partial charge on any atom is -0.325 e. The lowest BCUT2D eigenvalue weighted by Gasteiger charge is -2.16. The fourth-order valence-corrected chi connectivity index (χ4v) is 5.50. The molecule has 4 rings (SSSR count). The van der Waals surface area contributed by atoms with Crippen LogP contribution in [-0.4, -0.2) is 23.0 Å². The van der Waals surface area contributed by atoms with E-state index in [1.54, 1.807) is 66.7 Å². The second-order valence-corrected chi connectivity index (χ2v) is 11.4. The largest absolute Gasteiger partial charge is 0.325 e. The predicted octanol–water partition coefficient (Wildman–Crippen LogP) is 7.88. The van der Waals surface area contributed by atoms with E-state index in [4.69, 9.17) is 11.6 Å². The highest BCUT2D eigenvalue weighted by Crippen LogP contribution is 2.29. The summed E-state index contributed by atoms with van der Waals surface area (Å²) in [4.78, 5) is 40.3. The number of benzene rings is 4. The Balaban J connectivity index is 1.51. The molecule has 42 heavy (non-hydrogen) atoms. The lowest BCUT2D eigenvalue weighted by atomic mass is 10.1. The summed E-state index contributed by atoms with van der Waals surface area (Å²) in [6.07, 6.45) is 2.16. The van der Waals surface area contributed by atoms with Crippen molar-refractivity contribution in [3.05, 3.63) is 130 Å². The topological polar surface area (TPSA) is 87.3 Å². The molecule has 1 unspecified atom stereocenters. The van der Waals surface area contributed by atoms with Crippen molar-refractivity contribution in [2.45, 2.75) is 37.3 Å². The van der Waals surface area contributed by atoms with Gasteiger partial charge in [0.05, 0.1) is 5.25 Å². The Kier molecular flexibility index (Phi) is 10.6. The monoisotopic (exact) mass is 597 g/mol. The van der Waals surface area contributed by atoms with Gasteiger partial charge in [0.1, 0.15) is 5.70 Å². The Morgan fingerprint density at radius 1 is 0.810 bits per heavy atom. The Morgan fingerprint density at radius 2 is 1.50 bits per heavy atom. The molecule has 0 aromatic heterocycles. The fraction of sp³-hybridized carbons (Fsp3) is 0.147. The summed E-state index contributed by atoms with van der Waals surface area (Å²) in [6, 6.07) is 28.9. The number of anilines is 2. The van der Waals surface area contributed by atoms with Gasteiger partial charge in [-0.25, -0.2) is 0 Å². The van der Waals surface area contributed by atoms with Gasteiger partial charge < -0.3 is 16.0 Å². The zero-order chi connectivity index (χ0) is 30.1. The van der Waals surface area contributed by atoms with Crippen LogP contribution in [0.15, 0.2) is 108 Å². The number of nitrogens with one attached hydrogen (secondary N) is 3. The van der Waals surface area contributed by atoms with E-state index in [0.29, 0.717) is 28.3 Å². The average molecular weight is 598 g/mol. The van der Waals surface area contributed by atoms with Gasteiger partial charge in [-0.1, -0.05) is 67.1 Å². The number of hydrogen-bond acceptors (Lipinski definition) is 4. The zero-order valence-corrected chi connectivity index (χ0v) is 25.2. The summed E-state index contributed by atoms with van der Waals surface area (Å²) in [5, 5.41) is 8.73. The number of amides is 3. The van der Waals surface area contributed by atoms with Crippen LogP contribution < -0.4 is 16.0 Å². The molecular formula is C34H32ClN3O3S. The summed E-state index contributed by atoms with van der Waals surface area (Å²) < 4.78 is 0. The van der Waals surface area contributed by atoms with E-state index >= 15 is 0 Å². The van der Waals surface area contributed by atoms with Gasteiger partial charge >= 0.3 is 0 Å². The Hall–Kier alpha value is -4.33. The average Bonchev–Trinajstić information content (AvgIpc) is 2.96. The fourth-order valence-electron chi connectivity index (χ4n) is 4.29. The van der Waals surface area contributed by atoms with E-state index in [0.717, 1.165) is 21.7 Å². The van der Waals surface area contributed by atoms with Crippen molar-refractivity contribution in [1.82, 2.24) is 5.32 Å². The van der Waals surface area contributed by atoms with Crippen molar-refractivity contribution in [3.8, 4) is 0 Å². The third-order valence-electron chi connectivity index (χ3n) is 6.26. The molecular weight excluding hydrogens is 566 g/mol. The highest BCUT2D eigenvalue weighted by molar-refractivity contribution is 8.00. The minimum absolute atomic E-state index is 0.0364. The lowest BCUT2D eigenvalue weighted by Crippen LogP contribution is -2.30. The van der Waals surface area contributed by atoms with Crippen molar-refractivity contribution >= 4 is 58.5 Å². The molecule has 0 spiro atoms. The Morgan fingerprint density at radius 3 is 2.19 bits per heavy atom. The van der Waals surface area contributed by atoms with E-state index < -0.39 is 11.8 Å². The maximum atomic E-state index is 13.4. The Bertz CT molecular complexity index is 1600. The van der Waals surface area contributed by atoms with E-state index in [1.165, 1.54) is 11.8 Å². The van der Waals surface area contributed by atoms with Gasteiger partial charge in [-0.15, -0.1) is 11.8 Å². The van der Waals surface area contributed by atoms with E-state index in [1.807, 2.05) is 51.1 Å². The summed E-state index contributed by atoms with van der Waals surface area (Å²) in [6.45, 7) is 5.96. The van der Waals surface area contributed by atoms with Crippen molar-refractivity contribution < 1.29 is 14.4 Å². The standard InChI is InChI=1S/C34H32ClN3O3S/c1-4-31(34(41)37-27-18-22(2)17-23(3)19-27)42-28-15-10-14-26(21-28)36-33(40)30(20-25-13-8-9-16-29(25)35)38-32(39)24-11-6-5-7-12-24/h5-21,31H,4H2,1-3H3,(H,36,40)(H,37,41)(H,38,39)/b30-20+. The van der Waals surface area contributed by atoms with Crippen LogP contribution in [-0.2, 0) is 9.59 Å². The van der Waals surface area contributed by atoms with Gasteiger partial charge in [0.2, 0.25) is 5.91 Å². The normalized spacial score (nSPS) is 11.9. The highest BCUT2D eigenvalue weighted by Gasteiger charge is 2.20. The van der Waals surface area contributed by atoms with Crippen molar-refractivity contribution in [3.63, 3.8) is 0 Å². The zero-order valence-electron chi connectivity index (χ0n) is 23.6. The van der Waals surface area contributed by atoms with Crippen molar-refractivity contribution in [1.29, 1.82) is 0 Å². The van der Waals surface area contributed by atoms with Crippen LogP contribution in [0.3, 0.4) is 0 Å². The van der Waals surface area contributed by atoms with Crippen LogP contribution in [0.2, 0.25) is 5.02 Å². The SMILES string of the molecule is CCC(Sc1cccc(NC(=O)/C(=C\c2ccccc2Cl)NC(=O)c2ccccc2)c1)C(=O)Nc1cc(C)cc(C)c1. The first-order chi connectivity index (χ1) is 20.2. The maximum Gasteiger partial charge on any atom is 0.272 e. The highest BCUT2D eigenvalue weighted by atomic mass is 35.5. The quantitative estimate of drug-likeness (QED) is 0.128. The molecule has 0 aliphatic carbocycles. The lowest BCUT2D eigenvalue weighted by molar-refractivity contribution is -0.116. The van der Waals surface area contributed by atoms with Crippen LogP contribution in [0.25, 0.3) is 6.08 Å². The first-order valence-corrected chi connectivity index (χ1v) is 14.8. The molecule has 214 valence electrons. The molecule has 1 atom stereocenters. The van der Waals surface area contributed by atoms with Crippen molar-refractivity contribution in [2.24, 2.45) is 0 Å². The molecule has 0 radical (unpaired) electrons. The summed E-state index contributed by atoms with van der Waals surface area (Å²) in [5.74, 6) is -1.02. The summed E-state index contributed by atoms with van der Waals surface area (Å²) >= 11 is 7.76. The van der Waals surface area contributed by atoms with Gasteiger partial charge in [0, 0.05) is 26.9 Å². The van der Waals surface area contributed by atoms with E-state index in [-0.39, 0.29) is 16.9 Å². The minimum atomic E-state index is -0.513. The first kappa shape index (κ1) is 30.6. The van der Waals surface area contributed by atoms with Gasteiger partial charge in [-0.05, 0) is 91.6 Å². The summed E-state index contributed by atoms with van der Waals surface area (Å²) in [5.41, 5.74) is 4.49. The van der Waals surface area contributed by atoms with Gasteiger partial charge in [-0.3, -0.25) is 14.4 Å². The van der Waals surface area contributed by atoms with Gasteiger partial charge in [0.25, 0.3) is 11.8 Å². The van der Waals surface area contributed by atoms with Crippen LogP contribution in [0.1, 0.15) is 40.4 Å². The number of aryl methyl sites for hydroxylation is 2. The molecule has 0 fully saturated rings. The third-order valence-corrected chi connectivity index (χ3v) is 7.96. The van der Waals surface area contributed by atoms with Crippen LogP contribution in [0, 0.1) is 13.8 Å². The number of rotatable bonds is 10. The molecule has 4 aromatic carbocycles. The number of halogens is 1. The van der Waals surface area contributed by atoms with Gasteiger partial charge in [-0.2, -0.15) is 0 Å². The molecule has 0 bridgehead atoms. The maximum absolute atomic E-state index is 13.4. The molecule has 8 heteroatoms. The van der Waals surface area contributed by atoms with E-state index in [2.05, 4.69) is 22.0 Å². The number of carbonyl (C=O) groups is 3. The second-order valence-electron chi connectivity index (χ2n) is 9.76. The van der Waals surface area contributed by atoms with E-state index in [9.17, 15) is 14.4 Å². The predicted molar refractivity (Wildman–Crippen MR) is 173 cm³/mol. The van der Waals surface area contributed by atoms with Crippen molar-refractivity contribution in [2.75, 3.05) is 10.6 Å². The third kappa shape index (κ3) is 8.59. The summed E-state index contributed by atoms with van der Waals surface area (Å²) in [7, 11) is 0. The van der Waals surface area contributed by atoms with Crippen LogP contribution in [0.5, 0.6) is 0 Å². The second kappa shape index (κ2) is 14.5. The van der Waals surface area contributed by atoms with Crippen LogP contribution in [0.4, 0.5) is 11.4 Å². The molecule has 0 aliphatic heterocycles. The molecule has 6 nitrogen and oxygen atoms in total. The number of carbonyl (C=O) groups excluding carboxylic acids is 3. The molecule has 0 heterocycles. The first-order valence-electron chi connectivity index (χ1n) is 13.5. The molecule has 4 aromatic rings. The number of thioether (sulfide) groups is 1. The molecule has 0 aliphatic rings. The van der Waals surface area contributed by atoms with Gasteiger partial charge in [0.15, 0.2) is 0 Å². The Labute approximate surface area is 255 Å². The molecule has 3 N–H and O–H groups in total. The number of hydrogen-bond donors (Lipinski definition) is 3. The molecule has 0 saturated carbocycles. The molecule has 0 saturated heterocycles.